The number of carbonyl (C=O) groups excluding carboxylic acids is 1. The first-order valence-electron chi connectivity index (χ1n) is 11.7. The molecule has 0 aliphatic carbocycles. The Morgan fingerprint density at radius 1 is 1.14 bits per heavy atom. The molecule has 0 bridgehead atoms. The Morgan fingerprint density at radius 2 is 1.78 bits per heavy atom. The second-order valence-electron chi connectivity index (χ2n) is 9.57. The molecule has 1 aliphatic heterocycles. The molecule has 0 unspecified atom stereocenters. The van der Waals surface area contributed by atoms with Crippen molar-refractivity contribution < 1.29 is 17.6 Å². The van der Waals surface area contributed by atoms with Crippen molar-refractivity contribution in [3.05, 3.63) is 76.9 Å². The monoisotopic (exact) mass is 508 g/mol. The van der Waals surface area contributed by atoms with Gasteiger partial charge in [0.15, 0.2) is 0 Å². The predicted molar refractivity (Wildman–Crippen MR) is 137 cm³/mol. The zero-order valence-electron chi connectivity index (χ0n) is 20.8. The van der Waals surface area contributed by atoms with Gasteiger partial charge in [0.2, 0.25) is 5.78 Å². The minimum atomic E-state index is -4.27. The van der Waals surface area contributed by atoms with Gasteiger partial charge in [-0.2, -0.15) is 5.26 Å². The molecule has 3 aromatic rings. The summed E-state index contributed by atoms with van der Waals surface area (Å²) in [5.74, 6) is -1.25. The summed E-state index contributed by atoms with van der Waals surface area (Å²) >= 11 is 0. The van der Waals surface area contributed by atoms with Crippen molar-refractivity contribution in [2.24, 2.45) is 0 Å². The van der Waals surface area contributed by atoms with Crippen molar-refractivity contribution in [2.45, 2.75) is 30.6 Å². The van der Waals surface area contributed by atoms with Crippen LogP contribution in [0.3, 0.4) is 0 Å². The number of Topliss-reactive ketones (excluding diaryl/α,β-unsaturated/α-hetero) is 1. The number of hydrogen-bond acceptors (Lipinski definition) is 6. The maximum Gasteiger partial charge on any atom is 0.268 e. The lowest BCUT2D eigenvalue weighted by Gasteiger charge is -2.29. The third kappa shape index (κ3) is 4.79. The number of likely N-dealkylation sites (tertiary alicyclic amines) is 1. The molecule has 36 heavy (non-hydrogen) atoms. The molecule has 4 rings (SSSR count). The largest absolute Gasteiger partial charge is 0.382 e. The SMILES string of the molecule is Cc1ccc(S(=O)(=O)n2c(C(=O)/C(C#N)=C\N(C)C)cc3cc(C4CCN(C)CC4)c(F)cc32)cc1. The number of piperidine rings is 1. The maximum absolute atomic E-state index is 15.5. The Hall–Kier alpha value is -3.48. The van der Waals surface area contributed by atoms with E-state index in [0.717, 1.165) is 35.5 Å². The summed E-state index contributed by atoms with van der Waals surface area (Å²) < 4.78 is 43.9. The quantitative estimate of drug-likeness (QED) is 0.281. The zero-order chi connectivity index (χ0) is 26.2. The Kier molecular flexibility index (Phi) is 7.03. The van der Waals surface area contributed by atoms with E-state index in [4.69, 9.17) is 0 Å². The van der Waals surface area contributed by atoms with Crippen LogP contribution in [0.15, 0.2) is 59.1 Å². The lowest BCUT2D eigenvalue weighted by molar-refractivity contribution is 0.103. The first kappa shape index (κ1) is 25.6. The Bertz CT molecular complexity index is 1490. The lowest BCUT2D eigenvalue weighted by Crippen LogP contribution is -2.29. The summed E-state index contributed by atoms with van der Waals surface area (Å²) in [6, 6.07) is 12.4. The number of nitriles is 1. The first-order valence-corrected chi connectivity index (χ1v) is 13.2. The highest BCUT2D eigenvalue weighted by molar-refractivity contribution is 7.90. The number of fused-ring (bicyclic) bond motifs is 1. The Labute approximate surface area is 211 Å². The van der Waals surface area contributed by atoms with E-state index in [-0.39, 0.29) is 27.6 Å². The van der Waals surface area contributed by atoms with E-state index < -0.39 is 21.6 Å². The van der Waals surface area contributed by atoms with Crippen LogP contribution in [0.4, 0.5) is 4.39 Å². The van der Waals surface area contributed by atoms with Crippen molar-refractivity contribution in [3.8, 4) is 6.07 Å². The fraction of sp³-hybridized carbons (Fsp3) is 0.333. The van der Waals surface area contributed by atoms with Crippen LogP contribution in [0.25, 0.3) is 10.9 Å². The summed E-state index contributed by atoms with van der Waals surface area (Å²) in [6.07, 6.45) is 2.92. The van der Waals surface area contributed by atoms with E-state index in [9.17, 15) is 18.5 Å². The van der Waals surface area contributed by atoms with Crippen molar-refractivity contribution >= 4 is 26.7 Å². The van der Waals surface area contributed by atoms with Crippen LogP contribution in [0.5, 0.6) is 0 Å². The number of nitrogens with zero attached hydrogens (tertiary/aromatic N) is 4. The summed E-state index contributed by atoms with van der Waals surface area (Å²) in [5, 5.41) is 10.1. The van der Waals surface area contributed by atoms with Crippen LogP contribution in [-0.2, 0) is 10.0 Å². The van der Waals surface area contributed by atoms with Crippen molar-refractivity contribution in [1.29, 1.82) is 5.26 Å². The highest BCUT2D eigenvalue weighted by atomic mass is 32.2. The topological polar surface area (TPSA) is 86.4 Å². The van der Waals surface area contributed by atoms with Crippen molar-refractivity contribution in [2.75, 3.05) is 34.2 Å². The Balaban J connectivity index is 1.96. The van der Waals surface area contributed by atoms with Gasteiger partial charge in [0.25, 0.3) is 10.0 Å². The van der Waals surface area contributed by atoms with Crippen LogP contribution in [-0.4, -0.2) is 62.2 Å². The van der Waals surface area contributed by atoms with Gasteiger partial charge in [-0.05, 0) is 81.7 Å². The van der Waals surface area contributed by atoms with Gasteiger partial charge < -0.3 is 9.80 Å². The van der Waals surface area contributed by atoms with Gasteiger partial charge in [-0.25, -0.2) is 16.8 Å². The first-order chi connectivity index (χ1) is 17.0. The molecule has 0 radical (unpaired) electrons. The number of aryl methyl sites for hydroxylation is 1. The van der Waals surface area contributed by atoms with Crippen LogP contribution >= 0.6 is 0 Å². The fourth-order valence-corrected chi connectivity index (χ4v) is 6.13. The van der Waals surface area contributed by atoms with Gasteiger partial charge in [-0.1, -0.05) is 17.7 Å². The van der Waals surface area contributed by atoms with E-state index in [2.05, 4.69) is 4.90 Å². The van der Waals surface area contributed by atoms with E-state index in [1.807, 2.05) is 20.0 Å². The molecular formula is C27H29FN4O3S. The van der Waals surface area contributed by atoms with Gasteiger partial charge in [-0.15, -0.1) is 0 Å². The molecule has 1 aromatic heterocycles. The van der Waals surface area contributed by atoms with Crippen molar-refractivity contribution in [1.82, 2.24) is 13.8 Å². The van der Waals surface area contributed by atoms with E-state index in [1.54, 1.807) is 32.3 Å². The second-order valence-corrected chi connectivity index (χ2v) is 11.4. The van der Waals surface area contributed by atoms with E-state index >= 15 is 4.39 Å². The van der Waals surface area contributed by atoms with Gasteiger partial charge >= 0.3 is 0 Å². The number of ketones is 1. The molecule has 1 saturated heterocycles. The van der Waals surface area contributed by atoms with Gasteiger partial charge in [-0.3, -0.25) is 4.79 Å². The molecule has 2 aromatic carbocycles. The molecule has 0 amide bonds. The molecule has 1 aliphatic rings. The minimum absolute atomic E-state index is 0.00473. The normalized spacial score (nSPS) is 15.7. The number of carbonyl (C=O) groups is 1. The molecule has 9 heteroatoms. The van der Waals surface area contributed by atoms with Gasteiger partial charge in [0.1, 0.15) is 23.2 Å². The number of benzene rings is 2. The average molecular weight is 509 g/mol. The lowest BCUT2D eigenvalue weighted by atomic mass is 9.88. The molecular weight excluding hydrogens is 479 g/mol. The predicted octanol–water partition coefficient (Wildman–Crippen LogP) is 4.29. The van der Waals surface area contributed by atoms with E-state index in [0.29, 0.717) is 10.9 Å². The highest BCUT2D eigenvalue weighted by Gasteiger charge is 2.30. The summed E-state index contributed by atoms with van der Waals surface area (Å²) in [5.41, 5.74) is 1.02. The molecule has 1 fully saturated rings. The number of halogens is 1. The minimum Gasteiger partial charge on any atom is -0.382 e. The molecule has 0 spiro atoms. The number of rotatable bonds is 6. The smallest absolute Gasteiger partial charge is 0.268 e. The molecule has 2 heterocycles. The van der Waals surface area contributed by atoms with Crippen LogP contribution < -0.4 is 0 Å². The molecule has 7 nitrogen and oxygen atoms in total. The number of aromatic nitrogens is 1. The number of hydrogen-bond donors (Lipinski definition) is 0. The second kappa shape index (κ2) is 9.88. The Morgan fingerprint density at radius 3 is 2.36 bits per heavy atom. The standard InChI is InChI=1S/C27H29FN4O3S/c1-18-5-7-22(8-6-18)36(34,35)32-25-15-24(28)23(19-9-11-31(4)12-10-19)13-20(25)14-26(32)27(33)21(16-29)17-30(2)3/h5-8,13-15,17,19H,9-12H2,1-4H3/b21-17-. The van der Waals surface area contributed by atoms with Crippen LogP contribution in [0.1, 0.15) is 40.4 Å². The van der Waals surface area contributed by atoms with Crippen LogP contribution in [0, 0.1) is 24.1 Å². The maximum atomic E-state index is 15.5. The van der Waals surface area contributed by atoms with Gasteiger partial charge in [0.05, 0.1) is 10.4 Å². The molecule has 0 N–H and O–H groups in total. The molecule has 0 atom stereocenters. The summed E-state index contributed by atoms with van der Waals surface area (Å²) in [7, 11) is 1.07. The van der Waals surface area contributed by atoms with E-state index in [1.165, 1.54) is 35.4 Å². The third-order valence-corrected chi connectivity index (χ3v) is 8.32. The zero-order valence-corrected chi connectivity index (χ0v) is 21.6. The molecule has 0 saturated carbocycles. The third-order valence-electron chi connectivity index (χ3n) is 6.58. The highest BCUT2D eigenvalue weighted by Crippen LogP contribution is 2.35. The average Bonchev–Trinajstić information content (AvgIpc) is 3.21. The number of allylic oxidation sites excluding steroid dienone is 1. The summed E-state index contributed by atoms with van der Waals surface area (Å²) in [6.45, 7) is 3.52. The van der Waals surface area contributed by atoms with Gasteiger partial charge in [0, 0.05) is 25.7 Å². The van der Waals surface area contributed by atoms with Crippen LogP contribution in [0.2, 0.25) is 0 Å². The summed E-state index contributed by atoms with van der Waals surface area (Å²) in [4.78, 5) is 17.1. The van der Waals surface area contributed by atoms with Crippen molar-refractivity contribution in [3.63, 3.8) is 0 Å². The molecule has 188 valence electrons. The fourth-order valence-electron chi connectivity index (χ4n) is 4.62.